The molecule has 0 heterocycles. The van der Waals surface area contributed by atoms with Crippen LogP contribution in [0.4, 0.5) is 5.69 Å². The molecule has 2 rings (SSSR count). The zero-order chi connectivity index (χ0) is 19.1. The number of benzene rings is 2. The lowest BCUT2D eigenvalue weighted by Crippen LogP contribution is -2.24. The Kier molecular flexibility index (Phi) is 6.32. The van der Waals surface area contributed by atoms with Crippen molar-refractivity contribution in [3.63, 3.8) is 0 Å². The quantitative estimate of drug-likeness (QED) is 0.421. The molecule has 0 unspecified atom stereocenters. The number of carbonyl (C=O) groups excluding carboxylic acids is 2. The van der Waals surface area contributed by atoms with Gasteiger partial charge in [-0.1, -0.05) is 6.07 Å². The minimum absolute atomic E-state index is 0.236. The van der Waals surface area contributed by atoms with Crippen LogP contribution in [0.1, 0.15) is 23.1 Å². The number of hydrogen-bond acceptors (Lipinski definition) is 5. The molecule has 0 aliphatic rings. The molecule has 26 heavy (non-hydrogen) atoms. The molecule has 2 amide bonds. The number of rotatable bonds is 6. The maximum Gasteiger partial charge on any atom is 0.249 e. The van der Waals surface area contributed by atoms with Crippen LogP contribution in [0.3, 0.4) is 0 Å². The van der Waals surface area contributed by atoms with Gasteiger partial charge in [0.15, 0.2) is 0 Å². The Hall–Kier alpha value is -3.35. The number of carbonyl (C=O) groups is 2. The van der Waals surface area contributed by atoms with E-state index in [-0.39, 0.29) is 12.2 Å². The number of anilines is 1. The molecule has 3 N–H and O–H groups in total. The molecule has 136 valence electrons. The van der Waals surface area contributed by atoms with Crippen molar-refractivity contribution in [1.82, 2.24) is 5.43 Å². The summed E-state index contributed by atoms with van der Waals surface area (Å²) in [6.07, 6.45) is 1.10. The molecule has 0 aliphatic carbocycles. The summed E-state index contributed by atoms with van der Waals surface area (Å²) in [6.45, 7) is 3.56. The van der Waals surface area contributed by atoms with E-state index in [1.54, 1.807) is 50.2 Å². The molecule has 0 saturated heterocycles. The van der Waals surface area contributed by atoms with Crippen molar-refractivity contribution in [2.45, 2.75) is 20.3 Å². The van der Waals surface area contributed by atoms with Gasteiger partial charge in [0.05, 0.1) is 13.3 Å². The van der Waals surface area contributed by atoms with E-state index in [2.05, 4.69) is 15.8 Å². The standard InChI is InChI=1S/C19H21N3O4/c1-12-7-14(8-13(2)19(12)25)11-20-22-18(24)10-17(23)21-15-5-4-6-16(9-15)26-3/h4-9,11,25H,10H2,1-3H3,(H,21,23)(H,22,24). The molecule has 2 aromatic carbocycles. The molecular weight excluding hydrogens is 334 g/mol. The molecule has 0 aliphatic heterocycles. The summed E-state index contributed by atoms with van der Waals surface area (Å²) in [7, 11) is 1.53. The number of nitrogens with zero attached hydrogens (tertiary/aromatic N) is 1. The number of aromatic hydroxyl groups is 1. The second-order valence-electron chi connectivity index (χ2n) is 5.75. The lowest BCUT2D eigenvalue weighted by molar-refractivity contribution is -0.126. The van der Waals surface area contributed by atoms with E-state index >= 15 is 0 Å². The number of hydrazone groups is 1. The maximum atomic E-state index is 11.9. The first-order valence-corrected chi connectivity index (χ1v) is 7.95. The Morgan fingerprint density at radius 1 is 1.15 bits per heavy atom. The summed E-state index contributed by atoms with van der Waals surface area (Å²) < 4.78 is 5.07. The van der Waals surface area contributed by atoms with Crippen LogP contribution in [0.15, 0.2) is 41.5 Å². The van der Waals surface area contributed by atoms with Gasteiger partial charge in [0, 0.05) is 11.8 Å². The van der Waals surface area contributed by atoms with Crippen LogP contribution in [-0.4, -0.2) is 30.2 Å². The lowest BCUT2D eigenvalue weighted by Gasteiger charge is -2.06. The zero-order valence-corrected chi connectivity index (χ0v) is 14.9. The van der Waals surface area contributed by atoms with Gasteiger partial charge in [0.2, 0.25) is 11.8 Å². The molecule has 0 aromatic heterocycles. The van der Waals surface area contributed by atoms with E-state index in [4.69, 9.17) is 4.74 Å². The Bertz CT molecular complexity index is 823. The maximum absolute atomic E-state index is 11.9. The van der Waals surface area contributed by atoms with Crippen molar-refractivity contribution >= 4 is 23.7 Å². The summed E-state index contributed by atoms with van der Waals surface area (Å²) >= 11 is 0. The third-order valence-electron chi connectivity index (χ3n) is 3.59. The van der Waals surface area contributed by atoms with Crippen molar-refractivity contribution in [2.75, 3.05) is 12.4 Å². The van der Waals surface area contributed by atoms with Gasteiger partial charge in [0.1, 0.15) is 17.9 Å². The van der Waals surface area contributed by atoms with Gasteiger partial charge in [-0.15, -0.1) is 0 Å². The first-order valence-electron chi connectivity index (χ1n) is 7.95. The Labute approximate surface area is 151 Å². The van der Waals surface area contributed by atoms with Crippen LogP contribution in [0.2, 0.25) is 0 Å². The van der Waals surface area contributed by atoms with E-state index in [9.17, 15) is 14.7 Å². The van der Waals surface area contributed by atoms with Crippen molar-refractivity contribution in [3.8, 4) is 11.5 Å². The average molecular weight is 355 g/mol. The van der Waals surface area contributed by atoms with Crippen LogP contribution in [0.5, 0.6) is 11.5 Å². The normalized spacial score (nSPS) is 10.6. The van der Waals surface area contributed by atoms with Gasteiger partial charge >= 0.3 is 0 Å². The molecule has 7 heteroatoms. The van der Waals surface area contributed by atoms with Crippen LogP contribution >= 0.6 is 0 Å². The van der Waals surface area contributed by atoms with Gasteiger partial charge in [-0.25, -0.2) is 5.43 Å². The predicted octanol–water partition coefficient (Wildman–Crippen LogP) is 2.50. The minimum Gasteiger partial charge on any atom is -0.507 e. The second-order valence-corrected chi connectivity index (χ2v) is 5.75. The van der Waals surface area contributed by atoms with Crippen LogP contribution in [-0.2, 0) is 9.59 Å². The summed E-state index contributed by atoms with van der Waals surface area (Å²) in [5, 5.41) is 16.2. The van der Waals surface area contributed by atoms with Crippen molar-refractivity contribution in [2.24, 2.45) is 5.10 Å². The average Bonchev–Trinajstić information content (AvgIpc) is 2.59. The molecule has 0 fully saturated rings. The highest BCUT2D eigenvalue weighted by molar-refractivity contribution is 6.03. The SMILES string of the molecule is COc1cccc(NC(=O)CC(=O)NN=Cc2cc(C)c(O)c(C)c2)c1. The number of aryl methyl sites for hydroxylation is 2. The minimum atomic E-state index is -0.533. The van der Waals surface area contributed by atoms with Crippen LogP contribution in [0.25, 0.3) is 0 Å². The summed E-state index contributed by atoms with van der Waals surface area (Å²) in [5.41, 5.74) is 5.02. The highest BCUT2D eigenvalue weighted by Gasteiger charge is 2.09. The number of phenols is 1. The summed E-state index contributed by atoms with van der Waals surface area (Å²) in [6, 6.07) is 10.3. The second kappa shape index (κ2) is 8.66. The number of phenolic OH excluding ortho intramolecular Hbond substituents is 1. The molecule has 7 nitrogen and oxygen atoms in total. The highest BCUT2D eigenvalue weighted by Crippen LogP contribution is 2.22. The van der Waals surface area contributed by atoms with Crippen LogP contribution in [0, 0.1) is 13.8 Å². The van der Waals surface area contributed by atoms with Crippen molar-refractivity contribution in [3.05, 3.63) is 53.1 Å². The third-order valence-corrected chi connectivity index (χ3v) is 3.59. The van der Waals surface area contributed by atoms with E-state index < -0.39 is 11.8 Å². The number of ether oxygens (including phenoxy) is 1. The van der Waals surface area contributed by atoms with Gasteiger partial charge in [-0.2, -0.15) is 5.10 Å². The number of methoxy groups -OCH3 is 1. The monoisotopic (exact) mass is 355 g/mol. The van der Waals surface area contributed by atoms with E-state index in [1.807, 2.05) is 0 Å². The van der Waals surface area contributed by atoms with E-state index in [1.165, 1.54) is 13.3 Å². The largest absolute Gasteiger partial charge is 0.507 e. The third kappa shape index (κ3) is 5.34. The molecule has 0 saturated carbocycles. The van der Waals surface area contributed by atoms with Gasteiger partial charge in [-0.3, -0.25) is 9.59 Å². The molecule has 0 bridgehead atoms. The molecular formula is C19H21N3O4. The summed E-state index contributed by atoms with van der Waals surface area (Å²) in [4.78, 5) is 23.7. The zero-order valence-electron chi connectivity index (χ0n) is 14.9. The predicted molar refractivity (Wildman–Crippen MR) is 99.6 cm³/mol. The molecule has 0 spiro atoms. The van der Waals surface area contributed by atoms with E-state index in [0.29, 0.717) is 11.4 Å². The fraction of sp³-hybridized carbons (Fsp3) is 0.211. The summed E-state index contributed by atoms with van der Waals surface area (Å²) in [5.74, 6) is -0.145. The van der Waals surface area contributed by atoms with Gasteiger partial charge < -0.3 is 15.2 Å². The van der Waals surface area contributed by atoms with Crippen molar-refractivity contribution in [1.29, 1.82) is 0 Å². The molecule has 0 atom stereocenters. The lowest BCUT2D eigenvalue weighted by atomic mass is 10.1. The van der Waals surface area contributed by atoms with Gasteiger partial charge in [0.25, 0.3) is 0 Å². The number of amides is 2. The first-order chi connectivity index (χ1) is 12.4. The molecule has 2 aromatic rings. The van der Waals surface area contributed by atoms with Gasteiger partial charge in [-0.05, 0) is 54.8 Å². The fourth-order valence-electron chi connectivity index (χ4n) is 2.33. The van der Waals surface area contributed by atoms with Crippen molar-refractivity contribution < 1.29 is 19.4 Å². The fourth-order valence-corrected chi connectivity index (χ4v) is 2.33. The highest BCUT2D eigenvalue weighted by atomic mass is 16.5. The molecule has 0 radical (unpaired) electrons. The Morgan fingerprint density at radius 2 is 1.85 bits per heavy atom. The number of hydrogen-bond donors (Lipinski definition) is 3. The van der Waals surface area contributed by atoms with Crippen LogP contribution < -0.4 is 15.5 Å². The topological polar surface area (TPSA) is 100 Å². The Balaban J connectivity index is 1.87. The van der Waals surface area contributed by atoms with E-state index in [0.717, 1.165) is 16.7 Å². The first kappa shape index (κ1) is 19.0. The Morgan fingerprint density at radius 3 is 2.50 bits per heavy atom. The smallest absolute Gasteiger partial charge is 0.249 e. The number of nitrogens with one attached hydrogen (secondary N) is 2.